The van der Waals surface area contributed by atoms with Crippen LogP contribution in [0.15, 0.2) is 22.7 Å². The first-order valence-electron chi connectivity index (χ1n) is 8.60. The Morgan fingerprint density at radius 2 is 2.15 bits per heavy atom. The number of carbonyl (C=O) groups excluding carboxylic acids is 1. The number of carbonyl (C=O) groups is 1. The van der Waals surface area contributed by atoms with E-state index in [0.29, 0.717) is 17.9 Å². The number of aryl methyl sites for hydroxylation is 1. The fraction of sp³-hybridized carbons (Fsp3) is 0.471. The lowest BCUT2D eigenvalue weighted by Gasteiger charge is -2.20. The molecule has 0 saturated carbocycles. The molecule has 0 spiro atoms. The van der Waals surface area contributed by atoms with Crippen LogP contribution in [0.3, 0.4) is 0 Å². The number of aromatic nitrogens is 2. The number of hydrogen-bond donors (Lipinski definition) is 0. The molecule has 0 unspecified atom stereocenters. The van der Waals surface area contributed by atoms with Crippen molar-refractivity contribution < 1.29 is 19.0 Å². The van der Waals surface area contributed by atoms with Gasteiger partial charge in [-0.25, -0.2) is 4.79 Å². The van der Waals surface area contributed by atoms with E-state index >= 15 is 0 Å². The Morgan fingerprint density at radius 3 is 2.85 bits per heavy atom. The smallest absolute Gasteiger partial charge is 0.341 e. The molecule has 1 aliphatic heterocycles. The predicted molar refractivity (Wildman–Crippen MR) is 92.0 cm³/mol. The maximum atomic E-state index is 12.5. The van der Waals surface area contributed by atoms with Gasteiger partial charge in [0.15, 0.2) is 12.4 Å². The number of rotatable bonds is 7. The van der Waals surface area contributed by atoms with Gasteiger partial charge in [-0.05, 0) is 25.3 Å². The standard InChI is InChI=1S/C17H20N4O5/c1-2-5-15-18-16(26-19-15)11-25-17(22)13-10-12(21(23)24)6-7-14(13)20-8-3-4-9-20/h6-7,10H,2-5,8-9,11H2,1H3. The number of non-ortho nitro benzene ring substituents is 1. The summed E-state index contributed by atoms with van der Waals surface area (Å²) < 4.78 is 10.3. The molecule has 1 fully saturated rings. The molecule has 138 valence electrons. The highest BCUT2D eigenvalue weighted by Crippen LogP contribution is 2.29. The van der Waals surface area contributed by atoms with Gasteiger partial charge in [-0.3, -0.25) is 10.1 Å². The van der Waals surface area contributed by atoms with Gasteiger partial charge in [0, 0.05) is 31.6 Å². The third-order valence-electron chi connectivity index (χ3n) is 4.17. The number of esters is 1. The topological polar surface area (TPSA) is 112 Å². The fourth-order valence-electron chi connectivity index (χ4n) is 2.91. The first-order chi connectivity index (χ1) is 12.6. The Balaban J connectivity index is 1.77. The van der Waals surface area contributed by atoms with Crippen LogP contribution in [-0.4, -0.2) is 34.1 Å². The minimum absolute atomic E-state index is 0.150. The Hall–Kier alpha value is -2.97. The minimum Gasteiger partial charge on any atom is -0.452 e. The fourth-order valence-corrected chi connectivity index (χ4v) is 2.91. The van der Waals surface area contributed by atoms with E-state index in [0.717, 1.165) is 32.4 Å². The quantitative estimate of drug-likeness (QED) is 0.421. The van der Waals surface area contributed by atoms with Crippen LogP contribution < -0.4 is 4.90 Å². The van der Waals surface area contributed by atoms with E-state index in [1.165, 1.54) is 12.1 Å². The van der Waals surface area contributed by atoms with Crippen molar-refractivity contribution in [3.63, 3.8) is 0 Å². The average Bonchev–Trinajstić information content (AvgIpc) is 3.31. The van der Waals surface area contributed by atoms with Crippen LogP contribution in [0.1, 0.15) is 48.3 Å². The number of nitro groups is 1. The zero-order valence-electron chi connectivity index (χ0n) is 14.5. The van der Waals surface area contributed by atoms with Crippen molar-refractivity contribution in [2.45, 2.75) is 39.2 Å². The second-order valence-electron chi connectivity index (χ2n) is 6.08. The molecule has 1 aliphatic rings. The summed E-state index contributed by atoms with van der Waals surface area (Å²) in [5, 5.41) is 14.9. The van der Waals surface area contributed by atoms with E-state index in [2.05, 4.69) is 10.1 Å². The molecule has 26 heavy (non-hydrogen) atoms. The summed E-state index contributed by atoms with van der Waals surface area (Å²) in [6.45, 7) is 3.44. The van der Waals surface area contributed by atoms with Gasteiger partial charge in [-0.15, -0.1) is 0 Å². The van der Waals surface area contributed by atoms with Crippen LogP contribution in [0, 0.1) is 10.1 Å². The third kappa shape index (κ3) is 3.98. The van der Waals surface area contributed by atoms with E-state index in [-0.39, 0.29) is 23.7 Å². The summed E-state index contributed by atoms with van der Waals surface area (Å²) in [5.41, 5.74) is 0.674. The molecule has 0 atom stereocenters. The van der Waals surface area contributed by atoms with Gasteiger partial charge in [0.25, 0.3) is 11.6 Å². The zero-order valence-corrected chi connectivity index (χ0v) is 14.5. The van der Waals surface area contributed by atoms with Gasteiger partial charge in [0.05, 0.1) is 16.2 Å². The number of nitro benzene ring substituents is 1. The van der Waals surface area contributed by atoms with Crippen molar-refractivity contribution in [1.82, 2.24) is 10.1 Å². The summed E-state index contributed by atoms with van der Waals surface area (Å²) in [4.78, 5) is 29.2. The average molecular weight is 360 g/mol. The monoisotopic (exact) mass is 360 g/mol. The van der Waals surface area contributed by atoms with Gasteiger partial charge in [-0.1, -0.05) is 12.1 Å². The van der Waals surface area contributed by atoms with E-state index < -0.39 is 10.9 Å². The van der Waals surface area contributed by atoms with Crippen molar-refractivity contribution >= 4 is 17.3 Å². The second kappa shape index (κ2) is 7.94. The first kappa shape index (κ1) is 17.8. The molecule has 3 rings (SSSR count). The summed E-state index contributed by atoms with van der Waals surface area (Å²) >= 11 is 0. The van der Waals surface area contributed by atoms with Crippen LogP contribution >= 0.6 is 0 Å². The minimum atomic E-state index is -0.647. The van der Waals surface area contributed by atoms with Crippen molar-refractivity contribution in [2.75, 3.05) is 18.0 Å². The number of nitrogens with zero attached hydrogens (tertiary/aromatic N) is 4. The molecule has 0 radical (unpaired) electrons. The summed E-state index contributed by atoms with van der Waals surface area (Å²) in [6.07, 6.45) is 3.61. The maximum Gasteiger partial charge on any atom is 0.341 e. The Kier molecular flexibility index (Phi) is 5.45. The van der Waals surface area contributed by atoms with E-state index in [1.54, 1.807) is 6.07 Å². The van der Waals surface area contributed by atoms with Crippen molar-refractivity contribution in [3.05, 3.63) is 45.6 Å². The van der Waals surface area contributed by atoms with Crippen molar-refractivity contribution in [1.29, 1.82) is 0 Å². The van der Waals surface area contributed by atoms with Crippen molar-refractivity contribution in [2.24, 2.45) is 0 Å². The highest BCUT2D eigenvalue weighted by molar-refractivity contribution is 5.96. The summed E-state index contributed by atoms with van der Waals surface area (Å²) in [5.74, 6) is 0.118. The van der Waals surface area contributed by atoms with Gasteiger partial charge < -0.3 is 14.2 Å². The molecule has 0 N–H and O–H groups in total. The normalized spacial score (nSPS) is 13.8. The second-order valence-corrected chi connectivity index (χ2v) is 6.08. The third-order valence-corrected chi connectivity index (χ3v) is 4.17. The highest BCUT2D eigenvalue weighted by atomic mass is 16.6. The van der Waals surface area contributed by atoms with Crippen LogP contribution in [0.4, 0.5) is 11.4 Å². The predicted octanol–water partition coefficient (Wildman–Crippen LogP) is 2.89. The van der Waals surface area contributed by atoms with Crippen molar-refractivity contribution in [3.8, 4) is 0 Å². The Morgan fingerprint density at radius 1 is 1.38 bits per heavy atom. The van der Waals surface area contributed by atoms with Gasteiger partial charge >= 0.3 is 5.97 Å². The van der Waals surface area contributed by atoms with Crippen LogP contribution in [0.2, 0.25) is 0 Å². The van der Waals surface area contributed by atoms with Crippen LogP contribution in [-0.2, 0) is 17.8 Å². The van der Waals surface area contributed by atoms with E-state index in [4.69, 9.17) is 9.26 Å². The first-order valence-corrected chi connectivity index (χ1v) is 8.60. The molecule has 9 nitrogen and oxygen atoms in total. The molecule has 1 saturated heterocycles. The molecule has 0 amide bonds. The lowest BCUT2D eigenvalue weighted by atomic mass is 10.1. The summed E-state index contributed by atoms with van der Waals surface area (Å²) in [7, 11) is 0. The summed E-state index contributed by atoms with van der Waals surface area (Å²) in [6, 6.07) is 4.26. The Labute approximate surface area is 150 Å². The lowest BCUT2D eigenvalue weighted by Crippen LogP contribution is -2.21. The molecular weight excluding hydrogens is 340 g/mol. The molecule has 2 heterocycles. The van der Waals surface area contributed by atoms with Crippen LogP contribution in [0.25, 0.3) is 0 Å². The molecule has 2 aromatic rings. The number of ether oxygens (including phenoxy) is 1. The van der Waals surface area contributed by atoms with Gasteiger partial charge in [-0.2, -0.15) is 4.98 Å². The highest BCUT2D eigenvalue weighted by Gasteiger charge is 2.24. The molecule has 1 aromatic heterocycles. The van der Waals surface area contributed by atoms with E-state index in [9.17, 15) is 14.9 Å². The maximum absolute atomic E-state index is 12.5. The molecule has 0 bridgehead atoms. The van der Waals surface area contributed by atoms with Crippen LogP contribution in [0.5, 0.6) is 0 Å². The lowest BCUT2D eigenvalue weighted by molar-refractivity contribution is -0.384. The largest absolute Gasteiger partial charge is 0.452 e. The SMILES string of the molecule is CCCc1noc(COC(=O)c2cc([N+](=O)[O-])ccc2N2CCCC2)n1. The number of benzene rings is 1. The molecule has 0 aliphatic carbocycles. The number of hydrogen-bond acceptors (Lipinski definition) is 8. The number of anilines is 1. The van der Waals surface area contributed by atoms with E-state index in [1.807, 2.05) is 11.8 Å². The Bertz CT molecular complexity index is 798. The van der Waals surface area contributed by atoms with Gasteiger partial charge in [0.1, 0.15) is 0 Å². The molecule has 9 heteroatoms. The molecule has 1 aromatic carbocycles. The molecular formula is C17H20N4O5. The zero-order chi connectivity index (χ0) is 18.5. The van der Waals surface area contributed by atoms with Gasteiger partial charge in [0.2, 0.25) is 0 Å².